The molecule has 0 aliphatic carbocycles. The van der Waals surface area contributed by atoms with Gasteiger partial charge in [0.05, 0.1) is 5.70 Å². The average molecular weight is 228 g/mol. The normalized spacial score (nSPS) is 16.4. The second kappa shape index (κ2) is 5.09. The predicted molar refractivity (Wildman–Crippen MR) is 73.9 cm³/mol. The third kappa shape index (κ3) is 2.21. The van der Waals surface area contributed by atoms with E-state index in [9.17, 15) is 0 Å². The summed E-state index contributed by atoms with van der Waals surface area (Å²) in [7, 11) is 2.16. The van der Waals surface area contributed by atoms with Gasteiger partial charge in [-0.25, -0.2) is 0 Å². The molecular weight excluding hydrogens is 208 g/mol. The summed E-state index contributed by atoms with van der Waals surface area (Å²) in [6.45, 7) is 8.25. The van der Waals surface area contributed by atoms with Gasteiger partial charge in [0.15, 0.2) is 0 Å². The van der Waals surface area contributed by atoms with Crippen molar-refractivity contribution in [1.82, 2.24) is 4.90 Å². The summed E-state index contributed by atoms with van der Waals surface area (Å²) in [6.07, 6.45) is 3.02. The number of hydrogen-bond acceptors (Lipinski definition) is 2. The van der Waals surface area contributed by atoms with Crippen LogP contribution in [0.3, 0.4) is 0 Å². The first kappa shape index (κ1) is 11.8. The summed E-state index contributed by atoms with van der Waals surface area (Å²) < 4.78 is 0. The van der Waals surface area contributed by atoms with E-state index in [1.807, 2.05) is 6.08 Å². The molecule has 0 radical (unpaired) electrons. The molecule has 1 heterocycles. The molecule has 17 heavy (non-hydrogen) atoms. The van der Waals surface area contributed by atoms with E-state index < -0.39 is 0 Å². The van der Waals surface area contributed by atoms with Crippen molar-refractivity contribution in [2.45, 2.75) is 13.3 Å². The largest absolute Gasteiger partial charge is 0.374 e. The first-order chi connectivity index (χ1) is 8.27. The summed E-state index contributed by atoms with van der Waals surface area (Å²) in [5, 5.41) is 0. The first-order valence-corrected chi connectivity index (χ1v) is 6.17. The number of nitrogens with zero attached hydrogens (tertiary/aromatic N) is 2. The van der Waals surface area contributed by atoms with Crippen LogP contribution in [0.5, 0.6) is 0 Å². The number of benzene rings is 1. The van der Waals surface area contributed by atoms with E-state index in [1.54, 1.807) is 0 Å². The van der Waals surface area contributed by atoms with Gasteiger partial charge in [-0.1, -0.05) is 31.7 Å². The van der Waals surface area contributed by atoms with Gasteiger partial charge in [-0.3, -0.25) is 0 Å². The molecule has 2 rings (SSSR count). The maximum atomic E-state index is 3.97. The van der Waals surface area contributed by atoms with Crippen LogP contribution in [0.1, 0.15) is 13.3 Å². The molecule has 0 saturated carbocycles. The molecule has 90 valence electrons. The van der Waals surface area contributed by atoms with E-state index >= 15 is 0 Å². The lowest BCUT2D eigenvalue weighted by Gasteiger charge is -2.38. The van der Waals surface area contributed by atoms with E-state index in [1.165, 1.54) is 17.1 Å². The van der Waals surface area contributed by atoms with Crippen molar-refractivity contribution in [3.63, 3.8) is 0 Å². The molecule has 0 bridgehead atoms. The van der Waals surface area contributed by atoms with Crippen molar-refractivity contribution in [3.05, 3.63) is 54.4 Å². The van der Waals surface area contributed by atoms with Crippen LogP contribution in [0.4, 0.5) is 5.69 Å². The first-order valence-electron chi connectivity index (χ1n) is 6.17. The molecule has 1 aromatic rings. The number of likely N-dealkylation sites (N-methyl/N-ethyl adjacent to an activating group) is 1. The molecule has 0 atom stereocenters. The zero-order chi connectivity index (χ0) is 12.3. The fourth-order valence-electron chi connectivity index (χ4n) is 2.41. The molecule has 1 aromatic carbocycles. The van der Waals surface area contributed by atoms with Crippen LogP contribution < -0.4 is 4.90 Å². The third-order valence-corrected chi connectivity index (χ3v) is 3.30. The van der Waals surface area contributed by atoms with Crippen molar-refractivity contribution in [2.24, 2.45) is 0 Å². The number of hydrogen-bond donors (Lipinski definition) is 0. The molecule has 0 spiro atoms. The molecule has 1 aliphatic rings. The lowest BCUT2D eigenvalue weighted by atomic mass is 10.1. The Hall–Kier alpha value is -1.70. The van der Waals surface area contributed by atoms with Gasteiger partial charge >= 0.3 is 0 Å². The van der Waals surface area contributed by atoms with E-state index in [2.05, 4.69) is 60.7 Å². The second-order valence-electron chi connectivity index (χ2n) is 4.30. The molecular formula is C15H20N2. The molecule has 0 unspecified atom stereocenters. The van der Waals surface area contributed by atoms with Crippen molar-refractivity contribution in [3.8, 4) is 0 Å². The van der Waals surface area contributed by atoms with E-state index in [0.29, 0.717) is 0 Å². The standard InChI is InChI=1S/C15H20N2/c1-4-14-15(5-2)17(12-11-16(14)3)13-9-7-6-8-10-13/h5-10H,2,4,11-12H2,1,3H3. The van der Waals surface area contributed by atoms with Crippen molar-refractivity contribution in [1.29, 1.82) is 0 Å². The summed E-state index contributed by atoms with van der Waals surface area (Å²) in [6, 6.07) is 10.5. The van der Waals surface area contributed by atoms with E-state index in [0.717, 1.165) is 19.5 Å². The van der Waals surface area contributed by atoms with Crippen LogP contribution in [0.25, 0.3) is 0 Å². The molecule has 0 aromatic heterocycles. The van der Waals surface area contributed by atoms with Gasteiger partial charge in [-0.15, -0.1) is 0 Å². The van der Waals surface area contributed by atoms with E-state index in [4.69, 9.17) is 0 Å². The maximum absolute atomic E-state index is 3.97. The Morgan fingerprint density at radius 1 is 1.24 bits per heavy atom. The highest BCUT2D eigenvalue weighted by molar-refractivity contribution is 5.56. The minimum atomic E-state index is 1.02. The van der Waals surface area contributed by atoms with Gasteiger partial charge in [0, 0.05) is 31.5 Å². The SMILES string of the molecule is C=CC1=C(CC)N(C)CCN1c1ccccc1. The van der Waals surface area contributed by atoms with Gasteiger partial charge in [0.1, 0.15) is 0 Å². The van der Waals surface area contributed by atoms with E-state index in [-0.39, 0.29) is 0 Å². The second-order valence-corrected chi connectivity index (χ2v) is 4.30. The Kier molecular flexibility index (Phi) is 3.52. The molecule has 0 N–H and O–H groups in total. The van der Waals surface area contributed by atoms with Crippen LogP contribution in [0.15, 0.2) is 54.4 Å². The molecule has 0 amide bonds. The van der Waals surface area contributed by atoms with Crippen LogP contribution in [-0.4, -0.2) is 25.0 Å². The predicted octanol–water partition coefficient (Wildman–Crippen LogP) is 3.25. The lowest BCUT2D eigenvalue weighted by Crippen LogP contribution is -2.39. The van der Waals surface area contributed by atoms with Crippen molar-refractivity contribution >= 4 is 5.69 Å². The summed E-state index contributed by atoms with van der Waals surface area (Å²) in [5.74, 6) is 0. The monoisotopic (exact) mass is 228 g/mol. The van der Waals surface area contributed by atoms with Crippen molar-refractivity contribution < 1.29 is 0 Å². The maximum Gasteiger partial charge on any atom is 0.0600 e. The fourth-order valence-corrected chi connectivity index (χ4v) is 2.41. The van der Waals surface area contributed by atoms with Crippen molar-refractivity contribution in [2.75, 3.05) is 25.0 Å². The Bertz CT molecular complexity index is 420. The fraction of sp³-hybridized carbons (Fsp3) is 0.333. The highest BCUT2D eigenvalue weighted by Gasteiger charge is 2.21. The van der Waals surface area contributed by atoms with Gasteiger partial charge in [0.2, 0.25) is 0 Å². The van der Waals surface area contributed by atoms with Gasteiger partial charge in [-0.05, 0) is 24.6 Å². The van der Waals surface area contributed by atoms with Crippen LogP contribution in [-0.2, 0) is 0 Å². The summed E-state index contributed by atoms with van der Waals surface area (Å²) in [4.78, 5) is 4.68. The highest BCUT2D eigenvalue weighted by atomic mass is 15.3. The average Bonchev–Trinajstić information content (AvgIpc) is 2.39. The number of para-hydroxylation sites is 1. The smallest absolute Gasteiger partial charge is 0.0600 e. The summed E-state index contributed by atoms with van der Waals surface area (Å²) >= 11 is 0. The third-order valence-electron chi connectivity index (χ3n) is 3.30. The Morgan fingerprint density at radius 2 is 1.94 bits per heavy atom. The minimum absolute atomic E-state index is 1.02. The molecule has 2 nitrogen and oxygen atoms in total. The molecule has 0 fully saturated rings. The van der Waals surface area contributed by atoms with Crippen LogP contribution >= 0.6 is 0 Å². The van der Waals surface area contributed by atoms with Gasteiger partial charge in [-0.2, -0.15) is 0 Å². The zero-order valence-electron chi connectivity index (χ0n) is 10.7. The highest BCUT2D eigenvalue weighted by Crippen LogP contribution is 2.27. The molecule has 2 heteroatoms. The Balaban J connectivity index is 2.42. The Morgan fingerprint density at radius 3 is 2.53 bits per heavy atom. The Labute approximate surface area is 104 Å². The van der Waals surface area contributed by atoms with Crippen LogP contribution in [0, 0.1) is 0 Å². The topological polar surface area (TPSA) is 6.48 Å². The van der Waals surface area contributed by atoms with Crippen LogP contribution in [0.2, 0.25) is 0 Å². The zero-order valence-corrected chi connectivity index (χ0v) is 10.7. The number of allylic oxidation sites excluding steroid dienone is 2. The lowest BCUT2D eigenvalue weighted by molar-refractivity contribution is 0.388. The minimum Gasteiger partial charge on any atom is -0.374 e. The molecule has 1 aliphatic heterocycles. The molecule has 0 saturated heterocycles. The van der Waals surface area contributed by atoms with Gasteiger partial charge < -0.3 is 9.80 Å². The number of anilines is 1. The quantitative estimate of drug-likeness (QED) is 0.783. The summed E-state index contributed by atoms with van der Waals surface area (Å²) in [5.41, 5.74) is 3.86. The number of rotatable bonds is 3. The van der Waals surface area contributed by atoms with Gasteiger partial charge in [0.25, 0.3) is 0 Å².